The fraction of sp³-hybridized carbons (Fsp3) is 0.462. The summed E-state index contributed by atoms with van der Waals surface area (Å²) in [7, 11) is 0. The number of rotatable bonds is 5. The van der Waals surface area contributed by atoms with Gasteiger partial charge in [-0.25, -0.2) is 9.97 Å². The number of hydrogen-bond acceptors (Lipinski definition) is 5. The molecule has 6 heteroatoms. The molecule has 2 aromatic rings. The van der Waals surface area contributed by atoms with Gasteiger partial charge in [0.1, 0.15) is 12.1 Å². The average Bonchev–Trinajstić information content (AvgIpc) is 2.78. The number of thiophene rings is 1. The third-order valence-electron chi connectivity index (χ3n) is 3.47. The second-order valence-corrected chi connectivity index (χ2v) is 5.77. The number of carbonyl (C=O) groups is 1. The summed E-state index contributed by atoms with van der Waals surface area (Å²) < 4.78 is 0.976. The first-order valence-corrected chi connectivity index (χ1v) is 7.02. The Bertz CT molecular complexity index is 611. The van der Waals surface area contributed by atoms with E-state index in [1.165, 1.54) is 6.33 Å². The third-order valence-corrected chi connectivity index (χ3v) is 4.57. The van der Waals surface area contributed by atoms with Crippen LogP contribution in [0.1, 0.15) is 25.8 Å². The van der Waals surface area contributed by atoms with E-state index in [9.17, 15) is 9.90 Å². The lowest BCUT2D eigenvalue weighted by atomic mass is 9.88. The maximum atomic E-state index is 11.3. The van der Waals surface area contributed by atoms with E-state index in [2.05, 4.69) is 15.3 Å². The third kappa shape index (κ3) is 2.53. The molecule has 2 heterocycles. The van der Waals surface area contributed by atoms with Crippen LogP contribution >= 0.6 is 11.3 Å². The summed E-state index contributed by atoms with van der Waals surface area (Å²) in [5.74, 6) is -0.0841. The fourth-order valence-corrected chi connectivity index (χ4v) is 2.69. The fourth-order valence-electron chi connectivity index (χ4n) is 1.73. The second kappa shape index (κ2) is 5.13. The predicted molar refractivity (Wildman–Crippen MR) is 76.7 cm³/mol. The normalized spacial score (nSPS) is 14.3. The number of nitrogens with zero attached hydrogens (tertiary/aromatic N) is 2. The molecular weight excluding hydrogens is 262 g/mol. The van der Waals surface area contributed by atoms with Gasteiger partial charge < -0.3 is 10.4 Å². The van der Waals surface area contributed by atoms with E-state index >= 15 is 0 Å². The summed E-state index contributed by atoms with van der Waals surface area (Å²) in [6.07, 6.45) is 2.07. The van der Waals surface area contributed by atoms with Gasteiger partial charge in [-0.05, 0) is 31.2 Å². The lowest BCUT2D eigenvalue weighted by molar-refractivity contribution is -0.147. The van der Waals surface area contributed by atoms with Gasteiger partial charge in [0, 0.05) is 6.54 Å². The van der Waals surface area contributed by atoms with Crippen molar-refractivity contribution in [2.45, 2.75) is 27.2 Å². The van der Waals surface area contributed by atoms with E-state index in [1.807, 2.05) is 19.2 Å². The van der Waals surface area contributed by atoms with Crippen LogP contribution in [0, 0.1) is 12.3 Å². The first-order chi connectivity index (χ1) is 8.98. The molecular formula is C13H17N3O2S. The van der Waals surface area contributed by atoms with E-state index in [4.69, 9.17) is 0 Å². The van der Waals surface area contributed by atoms with Crippen LogP contribution in [-0.4, -0.2) is 27.6 Å². The zero-order valence-electron chi connectivity index (χ0n) is 11.2. The molecule has 0 aliphatic heterocycles. The Morgan fingerprint density at radius 1 is 1.53 bits per heavy atom. The first-order valence-electron chi connectivity index (χ1n) is 6.14. The molecule has 0 aliphatic carbocycles. The summed E-state index contributed by atoms with van der Waals surface area (Å²) in [5.41, 5.74) is 1.25. The highest BCUT2D eigenvalue weighted by atomic mass is 32.1. The van der Waals surface area contributed by atoms with E-state index < -0.39 is 11.4 Å². The Morgan fingerprint density at radius 2 is 2.26 bits per heavy atom. The maximum absolute atomic E-state index is 11.3. The number of hydrogen-bond donors (Lipinski definition) is 2. The van der Waals surface area contributed by atoms with Gasteiger partial charge in [0.2, 0.25) is 0 Å². The van der Waals surface area contributed by atoms with Crippen molar-refractivity contribution in [3.8, 4) is 0 Å². The standard InChI is InChI=1S/C13H17N3O2S/c1-4-13(3,12(17)18)6-14-11-10-9(15-7-16-11)8(2)5-19-10/h5,7H,4,6H2,1-3H3,(H,17,18)(H,14,15,16). The van der Waals surface area contributed by atoms with Crippen LogP contribution in [0.15, 0.2) is 11.7 Å². The molecule has 0 aromatic carbocycles. The summed E-state index contributed by atoms with van der Waals surface area (Å²) in [6.45, 7) is 5.96. The molecule has 0 spiro atoms. The van der Waals surface area contributed by atoms with Crippen molar-refractivity contribution in [1.82, 2.24) is 9.97 Å². The minimum Gasteiger partial charge on any atom is -0.481 e. The van der Waals surface area contributed by atoms with Gasteiger partial charge >= 0.3 is 5.97 Å². The smallest absolute Gasteiger partial charge is 0.311 e. The molecule has 1 atom stereocenters. The minimum atomic E-state index is -0.796. The molecule has 2 rings (SSSR count). The number of carboxylic acids is 1. The molecule has 0 aliphatic rings. The van der Waals surface area contributed by atoms with Crippen molar-refractivity contribution in [2.24, 2.45) is 5.41 Å². The largest absolute Gasteiger partial charge is 0.481 e. The number of aliphatic carboxylic acids is 1. The molecule has 2 aromatic heterocycles. The summed E-state index contributed by atoms with van der Waals surface area (Å²) in [6, 6.07) is 0. The first kappa shape index (κ1) is 13.7. The topological polar surface area (TPSA) is 75.1 Å². The Hall–Kier alpha value is -1.69. The number of carboxylic acid groups (broad SMARTS) is 1. The van der Waals surface area contributed by atoms with Gasteiger partial charge in [-0.2, -0.15) is 0 Å². The van der Waals surface area contributed by atoms with E-state index in [1.54, 1.807) is 18.3 Å². The number of aromatic nitrogens is 2. The van der Waals surface area contributed by atoms with Crippen LogP contribution < -0.4 is 5.32 Å². The number of fused-ring (bicyclic) bond motifs is 1. The average molecular weight is 279 g/mol. The monoisotopic (exact) mass is 279 g/mol. The highest BCUT2D eigenvalue weighted by molar-refractivity contribution is 7.18. The van der Waals surface area contributed by atoms with Crippen molar-refractivity contribution in [1.29, 1.82) is 0 Å². The Morgan fingerprint density at radius 3 is 2.89 bits per heavy atom. The number of anilines is 1. The molecule has 102 valence electrons. The molecule has 0 bridgehead atoms. The number of aryl methyl sites for hydroxylation is 1. The summed E-state index contributed by atoms with van der Waals surface area (Å²) in [4.78, 5) is 19.7. The maximum Gasteiger partial charge on any atom is 0.311 e. The van der Waals surface area contributed by atoms with Crippen LogP contribution in [-0.2, 0) is 4.79 Å². The molecule has 0 amide bonds. The molecule has 5 nitrogen and oxygen atoms in total. The van der Waals surface area contributed by atoms with E-state index in [0.29, 0.717) is 18.8 Å². The van der Waals surface area contributed by atoms with Crippen LogP contribution in [0.3, 0.4) is 0 Å². The quantitative estimate of drug-likeness (QED) is 0.880. The summed E-state index contributed by atoms with van der Waals surface area (Å²) >= 11 is 1.57. The van der Waals surface area contributed by atoms with E-state index in [0.717, 1.165) is 15.8 Å². The second-order valence-electron chi connectivity index (χ2n) is 4.89. The van der Waals surface area contributed by atoms with Gasteiger partial charge in [0.15, 0.2) is 0 Å². The summed E-state index contributed by atoms with van der Waals surface area (Å²) in [5, 5.41) is 14.4. The molecule has 0 saturated heterocycles. The van der Waals surface area contributed by atoms with E-state index in [-0.39, 0.29) is 0 Å². The predicted octanol–water partition coefficient (Wildman–Crippen LogP) is 2.91. The van der Waals surface area contributed by atoms with Crippen LogP contribution in [0.2, 0.25) is 0 Å². The Kier molecular flexibility index (Phi) is 3.71. The molecule has 0 radical (unpaired) electrons. The van der Waals surface area contributed by atoms with Gasteiger partial charge in [-0.3, -0.25) is 4.79 Å². The van der Waals surface area contributed by atoms with Crippen molar-refractivity contribution >= 4 is 33.3 Å². The van der Waals surface area contributed by atoms with Gasteiger partial charge in [0.25, 0.3) is 0 Å². The van der Waals surface area contributed by atoms with Crippen LogP contribution in [0.5, 0.6) is 0 Å². The molecule has 0 fully saturated rings. The van der Waals surface area contributed by atoms with Crippen LogP contribution in [0.25, 0.3) is 10.2 Å². The highest BCUT2D eigenvalue weighted by Gasteiger charge is 2.31. The lowest BCUT2D eigenvalue weighted by Gasteiger charge is -2.23. The highest BCUT2D eigenvalue weighted by Crippen LogP contribution is 2.30. The Balaban J connectivity index is 2.25. The molecule has 0 saturated carbocycles. The molecule has 2 N–H and O–H groups in total. The van der Waals surface area contributed by atoms with Crippen molar-refractivity contribution in [2.75, 3.05) is 11.9 Å². The minimum absolute atomic E-state index is 0.349. The SMILES string of the molecule is CCC(C)(CNc1ncnc2c(C)csc12)C(=O)O. The zero-order valence-corrected chi connectivity index (χ0v) is 12.0. The Labute approximate surface area is 115 Å². The van der Waals surface area contributed by atoms with Gasteiger partial charge in [-0.1, -0.05) is 6.92 Å². The lowest BCUT2D eigenvalue weighted by Crippen LogP contribution is -2.34. The van der Waals surface area contributed by atoms with Crippen molar-refractivity contribution in [3.63, 3.8) is 0 Å². The van der Waals surface area contributed by atoms with Crippen molar-refractivity contribution in [3.05, 3.63) is 17.3 Å². The molecule has 19 heavy (non-hydrogen) atoms. The van der Waals surface area contributed by atoms with Gasteiger partial charge in [0.05, 0.1) is 15.6 Å². The van der Waals surface area contributed by atoms with Gasteiger partial charge in [-0.15, -0.1) is 11.3 Å². The van der Waals surface area contributed by atoms with Crippen molar-refractivity contribution < 1.29 is 9.90 Å². The number of nitrogens with one attached hydrogen (secondary N) is 1. The molecule has 1 unspecified atom stereocenters. The van der Waals surface area contributed by atoms with Crippen LogP contribution in [0.4, 0.5) is 5.82 Å². The zero-order chi connectivity index (χ0) is 14.0.